The third-order valence-electron chi connectivity index (χ3n) is 3.46. The van der Waals surface area contributed by atoms with Gasteiger partial charge < -0.3 is 10.2 Å². The predicted molar refractivity (Wildman–Crippen MR) is 68.6 cm³/mol. The van der Waals surface area contributed by atoms with E-state index in [0.717, 1.165) is 6.04 Å². The summed E-state index contributed by atoms with van der Waals surface area (Å²) in [5, 5.41) is 3.70. The molecule has 0 aromatic carbocycles. The first-order valence-corrected chi connectivity index (χ1v) is 7.64. The topological polar surface area (TPSA) is 15.3 Å². The highest BCUT2D eigenvalue weighted by atomic mass is 32.2. The molecule has 2 heterocycles. The molecule has 2 aliphatic heterocycles. The van der Waals surface area contributed by atoms with E-state index in [1.54, 1.807) is 0 Å². The minimum absolute atomic E-state index is 0.774. The number of thioether (sulfide) groups is 1. The average molecular weight is 228 g/mol. The van der Waals surface area contributed by atoms with E-state index in [0.29, 0.717) is 0 Å². The van der Waals surface area contributed by atoms with Gasteiger partial charge in [-0.05, 0) is 38.1 Å². The van der Waals surface area contributed by atoms with Crippen LogP contribution in [0.4, 0.5) is 0 Å². The van der Waals surface area contributed by atoms with Crippen molar-refractivity contribution in [3.05, 3.63) is 0 Å². The van der Waals surface area contributed by atoms with Gasteiger partial charge in [-0.1, -0.05) is 12.8 Å². The van der Waals surface area contributed by atoms with Crippen LogP contribution in [0.15, 0.2) is 0 Å². The van der Waals surface area contributed by atoms with Gasteiger partial charge >= 0.3 is 0 Å². The quantitative estimate of drug-likeness (QED) is 0.778. The molecule has 2 fully saturated rings. The van der Waals surface area contributed by atoms with Crippen molar-refractivity contribution in [2.24, 2.45) is 0 Å². The largest absolute Gasteiger partial charge is 0.313 e. The highest BCUT2D eigenvalue weighted by molar-refractivity contribution is 7.99. The lowest BCUT2D eigenvalue weighted by Gasteiger charge is -2.25. The number of rotatable bonds is 2. The van der Waals surface area contributed by atoms with Gasteiger partial charge in [0, 0.05) is 24.9 Å². The van der Waals surface area contributed by atoms with Crippen LogP contribution >= 0.6 is 11.8 Å². The van der Waals surface area contributed by atoms with Crippen molar-refractivity contribution in [1.82, 2.24) is 10.2 Å². The maximum Gasteiger partial charge on any atom is 0.0195 e. The maximum absolute atomic E-state index is 3.70. The molecule has 0 aromatic heterocycles. The number of hydrogen-bond donors (Lipinski definition) is 1. The van der Waals surface area contributed by atoms with Crippen LogP contribution in [0.2, 0.25) is 0 Å². The number of hydrogen-bond acceptors (Lipinski definition) is 3. The highest BCUT2D eigenvalue weighted by Gasteiger charge is 2.16. The second kappa shape index (κ2) is 6.77. The molecule has 0 aliphatic carbocycles. The van der Waals surface area contributed by atoms with E-state index in [2.05, 4.69) is 22.0 Å². The molecule has 1 atom stereocenters. The fourth-order valence-electron chi connectivity index (χ4n) is 2.55. The van der Waals surface area contributed by atoms with E-state index in [-0.39, 0.29) is 0 Å². The second-order valence-electron chi connectivity index (χ2n) is 4.77. The fourth-order valence-corrected chi connectivity index (χ4v) is 3.47. The zero-order valence-corrected chi connectivity index (χ0v) is 10.5. The van der Waals surface area contributed by atoms with Gasteiger partial charge in [-0.3, -0.25) is 0 Å². The summed E-state index contributed by atoms with van der Waals surface area (Å²) in [4.78, 5) is 2.67. The molecule has 3 heteroatoms. The maximum atomic E-state index is 3.70. The van der Waals surface area contributed by atoms with Crippen LogP contribution in [0.1, 0.15) is 32.1 Å². The van der Waals surface area contributed by atoms with Crippen molar-refractivity contribution in [3.8, 4) is 0 Å². The Morgan fingerprint density at radius 1 is 1.07 bits per heavy atom. The highest BCUT2D eigenvalue weighted by Crippen LogP contribution is 2.13. The first kappa shape index (κ1) is 11.7. The Hall–Kier alpha value is 0.270. The summed E-state index contributed by atoms with van der Waals surface area (Å²) in [7, 11) is 0. The molecule has 88 valence electrons. The van der Waals surface area contributed by atoms with Crippen LogP contribution < -0.4 is 5.32 Å². The van der Waals surface area contributed by atoms with Crippen LogP contribution in [0, 0.1) is 0 Å². The van der Waals surface area contributed by atoms with Crippen molar-refractivity contribution < 1.29 is 0 Å². The van der Waals surface area contributed by atoms with Gasteiger partial charge in [0.1, 0.15) is 0 Å². The molecular weight excluding hydrogens is 204 g/mol. The SMILES string of the molecule is C1CCNC(CN2CCCSCC2)CC1. The summed E-state index contributed by atoms with van der Waals surface area (Å²) in [6, 6.07) is 0.774. The van der Waals surface area contributed by atoms with Gasteiger partial charge in [-0.15, -0.1) is 0 Å². The molecule has 2 rings (SSSR count). The van der Waals surface area contributed by atoms with E-state index >= 15 is 0 Å². The second-order valence-corrected chi connectivity index (χ2v) is 5.99. The Morgan fingerprint density at radius 2 is 2.07 bits per heavy atom. The molecule has 2 aliphatic rings. The number of nitrogens with one attached hydrogen (secondary N) is 1. The van der Waals surface area contributed by atoms with E-state index < -0.39 is 0 Å². The Morgan fingerprint density at radius 3 is 3.07 bits per heavy atom. The molecule has 0 radical (unpaired) electrons. The lowest BCUT2D eigenvalue weighted by molar-refractivity contribution is 0.255. The molecular formula is C12H24N2S. The summed E-state index contributed by atoms with van der Waals surface area (Å²) in [6.45, 7) is 5.17. The van der Waals surface area contributed by atoms with Crippen LogP contribution in [0.3, 0.4) is 0 Å². The summed E-state index contributed by atoms with van der Waals surface area (Å²) < 4.78 is 0. The Balaban J connectivity index is 1.73. The Bertz CT molecular complexity index is 141. The van der Waals surface area contributed by atoms with Gasteiger partial charge in [0.25, 0.3) is 0 Å². The van der Waals surface area contributed by atoms with Crippen LogP contribution in [0.5, 0.6) is 0 Å². The molecule has 1 unspecified atom stereocenters. The smallest absolute Gasteiger partial charge is 0.0195 e. The lowest BCUT2D eigenvalue weighted by atomic mass is 10.1. The lowest BCUT2D eigenvalue weighted by Crippen LogP contribution is -2.41. The monoisotopic (exact) mass is 228 g/mol. The summed E-state index contributed by atoms with van der Waals surface area (Å²) in [5.74, 6) is 2.71. The molecule has 15 heavy (non-hydrogen) atoms. The van der Waals surface area contributed by atoms with Crippen molar-refractivity contribution in [2.75, 3.05) is 37.7 Å². The molecule has 2 saturated heterocycles. The van der Waals surface area contributed by atoms with Crippen molar-refractivity contribution >= 4 is 11.8 Å². The standard InChI is InChI=1S/C12H24N2S/c1-2-5-12(13-6-3-1)11-14-7-4-9-15-10-8-14/h12-13H,1-11H2. The van der Waals surface area contributed by atoms with Gasteiger partial charge in [-0.2, -0.15) is 11.8 Å². The van der Waals surface area contributed by atoms with Gasteiger partial charge in [0.15, 0.2) is 0 Å². The molecule has 0 amide bonds. The zero-order valence-electron chi connectivity index (χ0n) is 9.71. The normalized spacial score (nSPS) is 30.8. The molecule has 0 aromatic rings. The van der Waals surface area contributed by atoms with E-state index in [1.807, 2.05) is 0 Å². The Labute approximate surface area is 98.2 Å². The van der Waals surface area contributed by atoms with Crippen molar-refractivity contribution in [1.29, 1.82) is 0 Å². The van der Waals surface area contributed by atoms with Crippen LogP contribution in [0.25, 0.3) is 0 Å². The minimum atomic E-state index is 0.774. The molecule has 2 nitrogen and oxygen atoms in total. The first-order chi connectivity index (χ1) is 7.45. The van der Waals surface area contributed by atoms with E-state index in [4.69, 9.17) is 0 Å². The summed E-state index contributed by atoms with van der Waals surface area (Å²) >= 11 is 2.12. The summed E-state index contributed by atoms with van der Waals surface area (Å²) in [6.07, 6.45) is 7.02. The van der Waals surface area contributed by atoms with E-state index in [1.165, 1.54) is 69.8 Å². The van der Waals surface area contributed by atoms with Gasteiger partial charge in [0.2, 0.25) is 0 Å². The fraction of sp³-hybridized carbons (Fsp3) is 1.00. The van der Waals surface area contributed by atoms with Gasteiger partial charge in [0.05, 0.1) is 0 Å². The Kier molecular flexibility index (Phi) is 5.30. The average Bonchev–Trinajstić information content (AvgIpc) is 2.63. The predicted octanol–water partition coefficient (Wildman–Crippen LogP) is 1.96. The zero-order chi connectivity index (χ0) is 10.3. The van der Waals surface area contributed by atoms with Crippen LogP contribution in [-0.4, -0.2) is 48.6 Å². The summed E-state index contributed by atoms with van der Waals surface area (Å²) in [5.41, 5.74) is 0. The molecule has 0 spiro atoms. The third-order valence-corrected chi connectivity index (χ3v) is 4.50. The first-order valence-electron chi connectivity index (χ1n) is 6.48. The molecule has 0 saturated carbocycles. The van der Waals surface area contributed by atoms with Crippen molar-refractivity contribution in [2.45, 2.75) is 38.1 Å². The molecule has 1 N–H and O–H groups in total. The molecule has 0 bridgehead atoms. The third kappa shape index (κ3) is 4.33. The van der Waals surface area contributed by atoms with Crippen molar-refractivity contribution in [3.63, 3.8) is 0 Å². The van der Waals surface area contributed by atoms with Gasteiger partial charge in [-0.25, -0.2) is 0 Å². The van der Waals surface area contributed by atoms with E-state index in [9.17, 15) is 0 Å². The van der Waals surface area contributed by atoms with Crippen LogP contribution in [-0.2, 0) is 0 Å². The number of nitrogens with zero attached hydrogens (tertiary/aromatic N) is 1. The minimum Gasteiger partial charge on any atom is -0.313 e.